The molecule has 1 fully saturated rings. The van der Waals surface area contributed by atoms with Gasteiger partial charge in [0.2, 0.25) is 0 Å². The van der Waals surface area contributed by atoms with Crippen molar-refractivity contribution in [1.82, 2.24) is 0 Å². The largest absolute Gasteiger partial charge is 0.361 e. The summed E-state index contributed by atoms with van der Waals surface area (Å²) in [5.41, 5.74) is 1.38. The summed E-state index contributed by atoms with van der Waals surface area (Å²) in [5.74, 6) is 0. The summed E-state index contributed by atoms with van der Waals surface area (Å²) < 4.78 is 0. The quantitative estimate of drug-likeness (QED) is 0.594. The molecule has 0 saturated carbocycles. The van der Waals surface area contributed by atoms with Crippen LogP contribution in [0.15, 0.2) is 24.3 Å². The van der Waals surface area contributed by atoms with Crippen molar-refractivity contribution in [3.8, 4) is 0 Å². The predicted molar refractivity (Wildman–Crippen MR) is 77.6 cm³/mol. The number of hydrogen-bond acceptors (Lipinski definition) is 3. The lowest BCUT2D eigenvalue weighted by Gasteiger charge is -2.54. The number of benzene rings is 1. The number of rotatable bonds is 2. The van der Waals surface area contributed by atoms with Gasteiger partial charge in [0.1, 0.15) is 0 Å². The molecule has 1 heterocycles. The average Bonchev–Trinajstić information content (AvgIpc) is 2.27. The lowest BCUT2D eigenvalue weighted by Crippen LogP contribution is -2.58. The van der Waals surface area contributed by atoms with Crippen LogP contribution in [0.5, 0.6) is 0 Å². The van der Waals surface area contributed by atoms with Gasteiger partial charge in [-0.25, -0.2) is 0 Å². The van der Waals surface area contributed by atoms with Crippen LogP contribution in [0.4, 0.5) is 11.4 Å². The molecule has 0 amide bonds. The van der Waals surface area contributed by atoms with Crippen LogP contribution < -0.4 is 4.90 Å². The molecule has 4 nitrogen and oxygen atoms in total. The van der Waals surface area contributed by atoms with Crippen LogP contribution in [-0.2, 0) is 0 Å². The van der Waals surface area contributed by atoms with E-state index in [4.69, 9.17) is 0 Å². The Bertz CT molecular complexity index is 461. The second-order valence-electron chi connectivity index (χ2n) is 6.59. The van der Waals surface area contributed by atoms with E-state index in [0.29, 0.717) is 0 Å². The Kier molecular flexibility index (Phi) is 3.29. The van der Waals surface area contributed by atoms with Gasteiger partial charge >= 0.3 is 0 Å². The maximum Gasteiger partial charge on any atom is 0.269 e. The van der Waals surface area contributed by atoms with Crippen LogP contribution >= 0.6 is 0 Å². The zero-order chi connectivity index (χ0) is 14.3. The third-order valence-corrected chi connectivity index (χ3v) is 4.11. The van der Waals surface area contributed by atoms with E-state index >= 15 is 0 Å². The Morgan fingerprint density at radius 3 is 1.95 bits per heavy atom. The molecule has 0 aliphatic carbocycles. The van der Waals surface area contributed by atoms with Crippen LogP contribution in [-0.4, -0.2) is 16.0 Å². The monoisotopic (exact) mass is 262 g/mol. The number of piperidine rings is 1. The van der Waals surface area contributed by atoms with Gasteiger partial charge in [0, 0.05) is 28.9 Å². The SMILES string of the molecule is CC1(C)CCCC(C)(C)N1c1ccc([N+](=O)[O-])cc1. The summed E-state index contributed by atoms with van der Waals surface area (Å²) in [6.45, 7) is 8.98. The third kappa shape index (κ3) is 2.57. The Balaban J connectivity index is 2.39. The van der Waals surface area contributed by atoms with E-state index in [1.54, 1.807) is 12.1 Å². The predicted octanol–water partition coefficient (Wildman–Crippen LogP) is 4.14. The molecule has 1 aliphatic heterocycles. The molecule has 1 aliphatic rings. The third-order valence-electron chi connectivity index (χ3n) is 4.11. The number of hydrogen-bond donors (Lipinski definition) is 0. The van der Waals surface area contributed by atoms with Gasteiger partial charge in [-0.05, 0) is 59.1 Å². The zero-order valence-electron chi connectivity index (χ0n) is 12.1. The number of nitrogens with zero attached hydrogens (tertiary/aromatic N) is 2. The Labute approximate surface area is 114 Å². The lowest BCUT2D eigenvalue weighted by atomic mass is 9.79. The standard InChI is InChI=1S/C15H22N2O2/c1-14(2)10-5-11-15(3,4)16(14)12-6-8-13(9-7-12)17(18)19/h6-9H,5,10-11H2,1-4H3. The van der Waals surface area contributed by atoms with Crippen molar-refractivity contribution in [2.45, 2.75) is 58.0 Å². The van der Waals surface area contributed by atoms with Crippen molar-refractivity contribution < 1.29 is 4.92 Å². The van der Waals surface area contributed by atoms with E-state index in [2.05, 4.69) is 32.6 Å². The smallest absolute Gasteiger partial charge is 0.269 e. The molecule has 19 heavy (non-hydrogen) atoms. The highest BCUT2D eigenvalue weighted by Crippen LogP contribution is 2.42. The van der Waals surface area contributed by atoms with Crippen molar-refractivity contribution in [1.29, 1.82) is 0 Å². The summed E-state index contributed by atoms with van der Waals surface area (Å²) in [5, 5.41) is 10.7. The topological polar surface area (TPSA) is 46.4 Å². The van der Waals surface area contributed by atoms with Crippen LogP contribution in [0.3, 0.4) is 0 Å². The molecular formula is C15H22N2O2. The van der Waals surface area contributed by atoms with Gasteiger partial charge < -0.3 is 4.90 Å². The summed E-state index contributed by atoms with van der Waals surface area (Å²) in [6.07, 6.45) is 3.52. The normalized spacial score (nSPS) is 21.2. The number of anilines is 1. The highest BCUT2D eigenvalue weighted by molar-refractivity contribution is 5.55. The van der Waals surface area contributed by atoms with Gasteiger partial charge in [0.05, 0.1) is 4.92 Å². The molecule has 0 radical (unpaired) electrons. The number of nitro groups is 1. The molecule has 0 atom stereocenters. The van der Waals surface area contributed by atoms with Gasteiger partial charge in [-0.1, -0.05) is 0 Å². The number of non-ortho nitro benzene ring substituents is 1. The average molecular weight is 262 g/mol. The highest BCUT2D eigenvalue weighted by atomic mass is 16.6. The van der Waals surface area contributed by atoms with Crippen LogP contribution in [0, 0.1) is 10.1 Å². The van der Waals surface area contributed by atoms with E-state index in [0.717, 1.165) is 18.5 Å². The van der Waals surface area contributed by atoms with E-state index in [9.17, 15) is 10.1 Å². The molecule has 0 unspecified atom stereocenters. The molecule has 104 valence electrons. The second-order valence-corrected chi connectivity index (χ2v) is 6.59. The molecular weight excluding hydrogens is 240 g/mol. The molecule has 2 rings (SSSR count). The molecule has 0 N–H and O–H groups in total. The molecule has 0 bridgehead atoms. The minimum Gasteiger partial charge on any atom is -0.361 e. The molecule has 0 aromatic heterocycles. The van der Waals surface area contributed by atoms with Crippen LogP contribution in [0.1, 0.15) is 47.0 Å². The van der Waals surface area contributed by atoms with Crippen molar-refractivity contribution in [3.63, 3.8) is 0 Å². The Morgan fingerprint density at radius 2 is 1.53 bits per heavy atom. The van der Waals surface area contributed by atoms with Gasteiger partial charge in [-0.15, -0.1) is 0 Å². The van der Waals surface area contributed by atoms with Gasteiger partial charge in [-0.3, -0.25) is 10.1 Å². The minimum absolute atomic E-state index is 0.0812. The summed E-state index contributed by atoms with van der Waals surface area (Å²) in [4.78, 5) is 12.8. The molecule has 4 heteroatoms. The van der Waals surface area contributed by atoms with Gasteiger partial charge in [-0.2, -0.15) is 0 Å². The molecule has 1 saturated heterocycles. The van der Waals surface area contributed by atoms with Crippen LogP contribution in [0.2, 0.25) is 0 Å². The van der Waals surface area contributed by atoms with Crippen LogP contribution in [0.25, 0.3) is 0 Å². The minimum atomic E-state index is -0.351. The first kappa shape index (κ1) is 13.8. The van der Waals surface area contributed by atoms with Crippen molar-refractivity contribution in [2.24, 2.45) is 0 Å². The summed E-state index contributed by atoms with van der Waals surface area (Å²) >= 11 is 0. The Morgan fingerprint density at radius 1 is 1.05 bits per heavy atom. The summed E-state index contributed by atoms with van der Waals surface area (Å²) in [7, 11) is 0. The van der Waals surface area contributed by atoms with Crippen molar-refractivity contribution >= 4 is 11.4 Å². The first-order valence-corrected chi connectivity index (χ1v) is 6.79. The first-order valence-electron chi connectivity index (χ1n) is 6.79. The fraction of sp³-hybridized carbons (Fsp3) is 0.600. The van der Waals surface area contributed by atoms with E-state index in [-0.39, 0.29) is 21.7 Å². The van der Waals surface area contributed by atoms with Gasteiger partial charge in [0.25, 0.3) is 5.69 Å². The van der Waals surface area contributed by atoms with Crippen molar-refractivity contribution in [3.05, 3.63) is 34.4 Å². The fourth-order valence-corrected chi connectivity index (χ4v) is 3.42. The fourth-order valence-electron chi connectivity index (χ4n) is 3.42. The maximum atomic E-state index is 10.7. The first-order chi connectivity index (χ1) is 8.74. The van der Waals surface area contributed by atoms with E-state index in [1.807, 2.05) is 12.1 Å². The zero-order valence-corrected chi connectivity index (χ0v) is 12.1. The molecule has 1 aromatic rings. The Hall–Kier alpha value is -1.58. The molecule has 1 aromatic carbocycles. The van der Waals surface area contributed by atoms with Gasteiger partial charge in [0.15, 0.2) is 0 Å². The lowest BCUT2D eigenvalue weighted by molar-refractivity contribution is -0.384. The highest BCUT2D eigenvalue weighted by Gasteiger charge is 2.41. The summed E-state index contributed by atoms with van der Waals surface area (Å²) in [6, 6.07) is 6.92. The van der Waals surface area contributed by atoms with E-state index in [1.165, 1.54) is 6.42 Å². The van der Waals surface area contributed by atoms with E-state index < -0.39 is 0 Å². The molecule has 0 spiro atoms. The number of nitro benzene ring substituents is 1. The maximum absolute atomic E-state index is 10.7. The second kappa shape index (κ2) is 4.51. The van der Waals surface area contributed by atoms with Crippen molar-refractivity contribution in [2.75, 3.05) is 4.90 Å².